The van der Waals surface area contributed by atoms with E-state index in [1.54, 1.807) is 0 Å². The van der Waals surface area contributed by atoms with Crippen molar-refractivity contribution < 1.29 is 13.3 Å². The Labute approximate surface area is 127 Å². The zero-order valence-electron chi connectivity index (χ0n) is 11.9. The number of aromatic nitrogens is 2. The maximum atomic E-state index is 10.9. The number of imidazole rings is 1. The molecule has 0 bridgehead atoms. The molecular weight excluding hydrogens is 314 g/mol. The van der Waals surface area contributed by atoms with E-state index in [1.807, 2.05) is 0 Å². The summed E-state index contributed by atoms with van der Waals surface area (Å²) in [6.45, 7) is 4.13. The van der Waals surface area contributed by atoms with E-state index in [0.29, 0.717) is 18.8 Å². The van der Waals surface area contributed by atoms with Crippen LogP contribution in [0.1, 0.15) is 5.82 Å². The Kier molecular flexibility index (Phi) is 5.42. The van der Waals surface area contributed by atoms with Gasteiger partial charge in [0, 0.05) is 39.1 Å². The number of nitrogens with zero attached hydrogens (tertiary/aromatic N) is 4. The van der Waals surface area contributed by atoms with Gasteiger partial charge in [0.2, 0.25) is 5.82 Å². The summed E-state index contributed by atoms with van der Waals surface area (Å²) in [5, 5.41) is 18.9. The molecule has 0 aromatic carbocycles. The van der Waals surface area contributed by atoms with E-state index in [0.717, 1.165) is 26.2 Å². The fourth-order valence-corrected chi connectivity index (χ4v) is 2.53. The zero-order valence-corrected chi connectivity index (χ0v) is 12.8. The minimum absolute atomic E-state index is 0.184. The summed E-state index contributed by atoms with van der Waals surface area (Å²) in [5.41, 5.74) is 0. The van der Waals surface area contributed by atoms with Crippen molar-refractivity contribution in [2.24, 2.45) is 5.14 Å². The zero-order chi connectivity index (χ0) is 16.2. The molecule has 1 aromatic rings. The second kappa shape index (κ2) is 7.11. The summed E-state index contributed by atoms with van der Waals surface area (Å²) < 4.78 is 25.4. The lowest BCUT2D eigenvalue weighted by atomic mass is 10.3. The molecule has 1 aliphatic heterocycles. The third-order valence-electron chi connectivity index (χ3n) is 3.33. The Bertz CT molecular complexity index is 623. The van der Waals surface area contributed by atoms with E-state index >= 15 is 0 Å². The van der Waals surface area contributed by atoms with Gasteiger partial charge in [0.25, 0.3) is 10.2 Å². The molecule has 1 fully saturated rings. The molecule has 0 amide bonds. The molecule has 2 heterocycles. The summed E-state index contributed by atoms with van der Waals surface area (Å²) in [4.78, 5) is 16.4. The monoisotopic (exact) mass is 333 g/mol. The topological polar surface area (TPSA) is 148 Å². The van der Waals surface area contributed by atoms with E-state index in [1.165, 1.54) is 10.8 Å². The van der Waals surface area contributed by atoms with Gasteiger partial charge in [-0.2, -0.15) is 13.1 Å². The van der Waals surface area contributed by atoms with Gasteiger partial charge in [0.1, 0.15) is 6.20 Å². The molecule has 1 aromatic heterocycles. The molecule has 1 saturated heterocycles. The number of piperazine rings is 1. The lowest BCUT2D eigenvalue weighted by molar-refractivity contribution is -0.389. The average Bonchev–Trinajstić information content (AvgIpc) is 2.87. The van der Waals surface area contributed by atoms with Crippen LogP contribution >= 0.6 is 0 Å². The SMILES string of the molecule is NS(=O)(=O)NCn1cc([N+](=O)[O-])nc1CCN1CCNCC1. The highest BCUT2D eigenvalue weighted by Gasteiger charge is 2.20. The molecule has 0 radical (unpaired) electrons. The molecule has 0 unspecified atom stereocenters. The maximum Gasteiger partial charge on any atom is 0.381 e. The van der Waals surface area contributed by atoms with Crippen molar-refractivity contribution in [2.75, 3.05) is 32.7 Å². The van der Waals surface area contributed by atoms with Crippen molar-refractivity contribution in [3.63, 3.8) is 0 Å². The van der Waals surface area contributed by atoms with Crippen LogP contribution in [0, 0.1) is 10.1 Å². The first-order valence-electron chi connectivity index (χ1n) is 6.76. The molecule has 1 aliphatic rings. The van der Waals surface area contributed by atoms with Crippen LogP contribution in [0.4, 0.5) is 5.82 Å². The Morgan fingerprint density at radius 3 is 2.73 bits per heavy atom. The summed E-state index contributed by atoms with van der Waals surface area (Å²) in [7, 11) is -3.87. The summed E-state index contributed by atoms with van der Waals surface area (Å²) in [6, 6.07) is 0. The van der Waals surface area contributed by atoms with Crippen molar-refractivity contribution in [2.45, 2.75) is 13.1 Å². The predicted molar refractivity (Wildman–Crippen MR) is 78.1 cm³/mol. The normalized spacial score (nSPS) is 16.8. The van der Waals surface area contributed by atoms with E-state index in [9.17, 15) is 18.5 Å². The van der Waals surface area contributed by atoms with Crippen LogP contribution in [-0.2, 0) is 23.3 Å². The fourth-order valence-electron chi connectivity index (χ4n) is 2.22. The average molecular weight is 333 g/mol. The summed E-state index contributed by atoms with van der Waals surface area (Å²) >= 11 is 0. The van der Waals surface area contributed by atoms with Gasteiger partial charge in [0.05, 0.1) is 6.67 Å². The van der Waals surface area contributed by atoms with Crippen molar-refractivity contribution in [1.82, 2.24) is 24.5 Å². The summed E-state index contributed by atoms with van der Waals surface area (Å²) in [5.74, 6) is 0.132. The van der Waals surface area contributed by atoms with Crippen LogP contribution < -0.4 is 15.2 Å². The number of nitrogens with one attached hydrogen (secondary N) is 2. The van der Waals surface area contributed by atoms with Gasteiger partial charge >= 0.3 is 5.82 Å². The molecule has 4 N–H and O–H groups in total. The van der Waals surface area contributed by atoms with Crippen LogP contribution in [0.25, 0.3) is 0 Å². The van der Waals surface area contributed by atoms with Gasteiger partial charge in [0.15, 0.2) is 0 Å². The van der Waals surface area contributed by atoms with E-state index in [4.69, 9.17) is 5.14 Å². The fraction of sp³-hybridized carbons (Fsp3) is 0.700. The van der Waals surface area contributed by atoms with Crippen molar-refractivity contribution in [1.29, 1.82) is 0 Å². The molecule has 2 rings (SSSR count). The lowest BCUT2D eigenvalue weighted by Gasteiger charge is -2.26. The quantitative estimate of drug-likeness (QED) is 0.385. The first kappa shape index (κ1) is 16.8. The van der Waals surface area contributed by atoms with Crippen LogP contribution in [0.5, 0.6) is 0 Å². The molecule has 0 aliphatic carbocycles. The first-order chi connectivity index (χ1) is 10.3. The smallest absolute Gasteiger partial charge is 0.358 e. The van der Waals surface area contributed by atoms with Gasteiger partial charge < -0.3 is 20.3 Å². The molecule has 0 atom stereocenters. The van der Waals surface area contributed by atoms with Gasteiger partial charge in [-0.3, -0.25) is 4.57 Å². The second-order valence-corrected chi connectivity index (χ2v) is 6.31. The molecule has 124 valence electrons. The van der Waals surface area contributed by atoms with Crippen LogP contribution in [0.2, 0.25) is 0 Å². The highest BCUT2D eigenvalue weighted by molar-refractivity contribution is 7.87. The standard InChI is InChI=1S/C10H19N7O4S/c11-22(20,21)13-8-16-7-10(17(18)19)14-9(16)1-4-15-5-2-12-3-6-15/h7,12-13H,1-6,8H2,(H2,11,20,21). The van der Waals surface area contributed by atoms with E-state index in [2.05, 4.69) is 19.9 Å². The van der Waals surface area contributed by atoms with Crippen molar-refractivity contribution in [3.05, 3.63) is 22.1 Å². The predicted octanol–water partition coefficient (Wildman–Crippen LogP) is -2.01. The first-order valence-corrected chi connectivity index (χ1v) is 8.31. The molecule has 22 heavy (non-hydrogen) atoms. The van der Waals surface area contributed by atoms with Crippen LogP contribution in [0.15, 0.2) is 6.20 Å². The van der Waals surface area contributed by atoms with E-state index in [-0.39, 0.29) is 12.5 Å². The minimum atomic E-state index is -3.87. The molecule has 0 saturated carbocycles. The third kappa shape index (κ3) is 4.99. The largest absolute Gasteiger partial charge is 0.381 e. The number of hydrogen-bond donors (Lipinski definition) is 3. The van der Waals surface area contributed by atoms with Gasteiger partial charge in [-0.25, -0.2) is 5.14 Å². The van der Waals surface area contributed by atoms with Gasteiger partial charge in [-0.15, -0.1) is 0 Å². The number of nitro groups is 1. The minimum Gasteiger partial charge on any atom is -0.358 e. The Balaban J connectivity index is 2.04. The summed E-state index contributed by atoms with van der Waals surface area (Å²) in [6.07, 6.45) is 1.69. The third-order valence-corrected chi connectivity index (χ3v) is 3.86. The maximum absolute atomic E-state index is 10.9. The van der Waals surface area contributed by atoms with E-state index < -0.39 is 15.1 Å². The van der Waals surface area contributed by atoms with Crippen LogP contribution in [0.3, 0.4) is 0 Å². The number of hydrogen-bond acceptors (Lipinski definition) is 7. The number of rotatable bonds is 7. The molecule has 0 spiro atoms. The van der Waals surface area contributed by atoms with Crippen molar-refractivity contribution >= 4 is 16.0 Å². The molecular formula is C10H19N7O4S. The Morgan fingerprint density at radius 1 is 1.45 bits per heavy atom. The van der Waals surface area contributed by atoms with Crippen LogP contribution in [-0.4, -0.2) is 60.5 Å². The highest BCUT2D eigenvalue weighted by atomic mass is 32.2. The highest BCUT2D eigenvalue weighted by Crippen LogP contribution is 2.12. The molecule has 11 nitrogen and oxygen atoms in total. The second-order valence-electron chi connectivity index (χ2n) is 4.93. The van der Waals surface area contributed by atoms with Gasteiger partial charge in [-0.05, 0) is 9.91 Å². The Morgan fingerprint density at radius 2 is 2.14 bits per heavy atom. The lowest BCUT2D eigenvalue weighted by Crippen LogP contribution is -2.44. The van der Waals surface area contributed by atoms with Crippen molar-refractivity contribution in [3.8, 4) is 0 Å². The Hall–Kier alpha value is -1.60. The molecule has 12 heteroatoms. The number of nitrogens with two attached hydrogens (primary N) is 1. The van der Waals surface area contributed by atoms with Gasteiger partial charge in [-0.1, -0.05) is 0 Å².